The summed E-state index contributed by atoms with van der Waals surface area (Å²) in [6.07, 6.45) is 2.46. The van der Waals surface area contributed by atoms with Crippen molar-refractivity contribution in [1.82, 2.24) is 10.3 Å². The lowest BCUT2D eigenvalue weighted by atomic mass is 10.2. The van der Waals surface area contributed by atoms with Crippen LogP contribution >= 0.6 is 11.6 Å². The highest BCUT2D eigenvalue weighted by Gasteiger charge is 2.11. The number of aromatic nitrogens is 1. The summed E-state index contributed by atoms with van der Waals surface area (Å²) in [5.41, 5.74) is 5.31. The van der Waals surface area contributed by atoms with Crippen LogP contribution in [0.5, 0.6) is 0 Å². The molecule has 104 valence electrons. The van der Waals surface area contributed by atoms with E-state index in [-0.39, 0.29) is 23.9 Å². The van der Waals surface area contributed by atoms with Crippen LogP contribution in [0.3, 0.4) is 0 Å². The number of nitrogens with one attached hydrogen (secondary N) is 2. The molecule has 1 aromatic rings. The van der Waals surface area contributed by atoms with Crippen LogP contribution in [0.15, 0.2) is 12.3 Å². The second kappa shape index (κ2) is 7.58. The summed E-state index contributed by atoms with van der Waals surface area (Å²) >= 11 is 5.92. The van der Waals surface area contributed by atoms with Crippen LogP contribution in [-0.4, -0.2) is 29.9 Å². The van der Waals surface area contributed by atoms with Crippen molar-refractivity contribution in [2.24, 2.45) is 5.73 Å². The third-order valence-electron chi connectivity index (χ3n) is 2.31. The zero-order valence-electron chi connectivity index (χ0n) is 10.7. The molecule has 1 aromatic heterocycles. The van der Waals surface area contributed by atoms with Gasteiger partial charge in [0.15, 0.2) is 0 Å². The molecule has 1 rings (SSSR count). The summed E-state index contributed by atoms with van der Waals surface area (Å²) in [5, 5.41) is 5.90. The minimum absolute atomic E-state index is 0.0926. The fraction of sp³-hybridized carbons (Fsp3) is 0.417. The first-order valence-corrected chi connectivity index (χ1v) is 6.38. The number of rotatable bonds is 7. The molecule has 6 nitrogen and oxygen atoms in total. The fourth-order valence-corrected chi connectivity index (χ4v) is 1.55. The molecule has 0 aliphatic carbocycles. The normalized spacial score (nSPS) is 10.0. The van der Waals surface area contributed by atoms with E-state index >= 15 is 0 Å². The molecular weight excluding hydrogens is 268 g/mol. The van der Waals surface area contributed by atoms with Crippen LogP contribution in [-0.2, 0) is 4.79 Å². The molecule has 0 bridgehead atoms. The maximum atomic E-state index is 11.9. The van der Waals surface area contributed by atoms with Gasteiger partial charge in [0.2, 0.25) is 5.91 Å². The second-order valence-corrected chi connectivity index (χ2v) is 4.36. The summed E-state index contributed by atoms with van der Waals surface area (Å²) < 4.78 is 0. The second-order valence-electron chi connectivity index (χ2n) is 3.95. The van der Waals surface area contributed by atoms with Gasteiger partial charge < -0.3 is 16.4 Å². The number of halogens is 1. The topological polar surface area (TPSA) is 97.1 Å². The van der Waals surface area contributed by atoms with Crippen LogP contribution < -0.4 is 16.4 Å². The highest BCUT2D eigenvalue weighted by atomic mass is 35.5. The quantitative estimate of drug-likeness (QED) is 0.700. The Kier molecular flexibility index (Phi) is 6.08. The molecule has 2 amide bonds. The van der Waals surface area contributed by atoms with Crippen molar-refractivity contribution in [2.75, 3.05) is 18.4 Å². The summed E-state index contributed by atoms with van der Waals surface area (Å²) in [7, 11) is 0. The number of carbonyl (C=O) groups is 2. The SMILES string of the molecule is CCCNc1cc(C(=O)NCCC(N)=O)c(Cl)cn1. The number of nitrogens with zero attached hydrogens (tertiary/aromatic N) is 1. The summed E-state index contributed by atoms with van der Waals surface area (Å²) in [4.78, 5) is 26.5. The Labute approximate surface area is 116 Å². The average molecular weight is 285 g/mol. The van der Waals surface area contributed by atoms with Crippen molar-refractivity contribution in [3.05, 3.63) is 22.8 Å². The predicted molar refractivity (Wildman–Crippen MR) is 74.2 cm³/mol. The van der Waals surface area contributed by atoms with Crippen LogP contribution in [0.1, 0.15) is 30.1 Å². The lowest BCUT2D eigenvalue weighted by Gasteiger charge is -2.08. The molecule has 0 saturated carbocycles. The number of anilines is 1. The van der Waals surface area contributed by atoms with Gasteiger partial charge in [-0.3, -0.25) is 9.59 Å². The summed E-state index contributed by atoms with van der Waals surface area (Å²) in [6, 6.07) is 1.58. The van der Waals surface area contributed by atoms with E-state index in [9.17, 15) is 9.59 Å². The zero-order valence-corrected chi connectivity index (χ0v) is 11.5. The lowest BCUT2D eigenvalue weighted by Crippen LogP contribution is -2.28. The Morgan fingerprint density at radius 2 is 2.16 bits per heavy atom. The van der Waals surface area contributed by atoms with E-state index in [0.29, 0.717) is 11.4 Å². The number of primary amides is 1. The minimum atomic E-state index is -0.466. The number of hydrogen-bond donors (Lipinski definition) is 3. The molecule has 0 spiro atoms. The molecular formula is C12H17ClN4O2. The molecule has 0 saturated heterocycles. The van der Waals surface area contributed by atoms with Gasteiger partial charge in [-0.05, 0) is 12.5 Å². The monoisotopic (exact) mass is 284 g/mol. The average Bonchev–Trinajstić information content (AvgIpc) is 2.37. The maximum Gasteiger partial charge on any atom is 0.253 e. The Hall–Kier alpha value is -1.82. The number of carbonyl (C=O) groups excluding carboxylic acids is 2. The van der Waals surface area contributed by atoms with Gasteiger partial charge in [-0.25, -0.2) is 4.98 Å². The molecule has 0 aromatic carbocycles. The number of pyridine rings is 1. The lowest BCUT2D eigenvalue weighted by molar-refractivity contribution is -0.117. The Bertz CT molecular complexity index is 465. The molecule has 19 heavy (non-hydrogen) atoms. The van der Waals surface area contributed by atoms with Gasteiger partial charge in [0.1, 0.15) is 5.82 Å². The Morgan fingerprint density at radius 1 is 1.42 bits per heavy atom. The van der Waals surface area contributed by atoms with E-state index in [2.05, 4.69) is 15.6 Å². The van der Waals surface area contributed by atoms with Gasteiger partial charge in [-0.1, -0.05) is 18.5 Å². The number of amides is 2. The van der Waals surface area contributed by atoms with E-state index in [0.717, 1.165) is 13.0 Å². The van der Waals surface area contributed by atoms with E-state index in [1.807, 2.05) is 6.92 Å². The highest BCUT2D eigenvalue weighted by Crippen LogP contribution is 2.17. The van der Waals surface area contributed by atoms with Gasteiger partial charge in [0.25, 0.3) is 5.91 Å². The van der Waals surface area contributed by atoms with Crippen LogP contribution in [0.4, 0.5) is 5.82 Å². The van der Waals surface area contributed by atoms with Crippen molar-refractivity contribution < 1.29 is 9.59 Å². The Morgan fingerprint density at radius 3 is 2.79 bits per heavy atom. The van der Waals surface area contributed by atoms with Gasteiger partial charge in [0.05, 0.1) is 10.6 Å². The molecule has 0 aliphatic heterocycles. The summed E-state index contributed by atoms with van der Waals surface area (Å²) in [5.74, 6) is -0.231. The van der Waals surface area contributed by atoms with Gasteiger partial charge in [-0.2, -0.15) is 0 Å². The molecule has 1 heterocycles. The molecule has 0 atom stereocenters. The first-order valence-electron chi connectivity index (χ1n) is 6.00. The van der Waals surface area contributed by atoms with E-state index < -0.39 is 5.91 Å². The minimum Gasteiger partial charge on any atom is -0.370 e. The third kappa shape index (κ3) is 5.13. The molecule has 0 fully saturated rings. The molecule has 4 N–H and O–H groups in total. The summed E-state index contributed by atoms with van der Waals surface area (Å²) in [6.45, 7) is 2.97. The molecule has 0 unspecified atom stereocenters. The Balaban J connectivity index is 2.69. The van der Waals surface area contributed by atoms with Crippen LogP contribution in [0, 0.1) is 0 Å². The van der Waals surface area contributed by atoms with Crippen molar-refractivity contribution in [2.45, 2.75) is 19.8 Å². The largest absolute Gasteiger partial charge is 0.370 e. The van der Waals surface area contributed by atoms with Crippen LogP contribution in [0.2, 0.25) is 5.02 Å². The third-order valence-corrected chi connectivity index (χ3v) is 2.61. The highest BCUT2D eigenvalue weighted by molar-refractivity contribution is 6.33. The fourth-order valence-electron chi connectivity index (χ4n) is 1.36. The van der Waals surface area contributed by atoms with Crippen molar-refractivity contribution in [3.8, 4) is 0 Å². The van der Waals surface area contributed by atoms with E-state index in [1.54, 1.807) is 6.07 Å². The van der Waals surface area contributed by atoms with Crippen molar-refractivity contribution >= 4 is 29.2 Å². The number of hydrogen-bond acceptors (Lipinski definition) is 4. The van der Waals surface area contributed by atoms with Gasteiger partial charge >= 0.3 is 0 Å². The number of nitrogens with two attached hydrogens (primary N) is 1. The standard InChI is InChI=1S/C12H17ClN4O2/c1-2-4-15-11-6-8(9(13)7-17-11)12(19)16-5-3-10(14)18/h6-7H,2-5H2,1H3,(H2,14,18)(H,15,17)(H,16,19). The smallest absolute Gasteiger partial charge is 0.253 e. The maximum absolute atomic E-state index is 11.9. The van der Waals surface area contributed by atoms with E-state index in [4.69, 9.17) is 17.3 Å². The van der Waals surface area contributed by atoms with Gasteiger partial charge in [-0.15, -0.1) is 0 Å². The molecule has 0 aliphatic rings. The zero-order chi connectivity index (χ0) is 14.3. The first-order chi connectivity index (χ1) is 9.04. The van der Waals surface area contributed by atoms with Crippen molar-refractivity contribution in [1.29, 1.82) is 0 Å². The molecule has 0 radical (unpaired) electrons. The van der Waals surface area contributed by atoms with Crippen molar-refractivity contribution in [3.63, 3.8) is 0 Å². The predicted octanol–water partition coefficient (Wildman–Crippen LogP) is 1.16. The van der Waals surface area contributed by atoms with Crippen LogP contribution in [0.25, 0.3) is 0 Å². The molecule has 7 heteroatoms. The first kappa shape index (κ1) is 15.2. The van der Waals surface area contributed by atoms with E-state index in [1.165, 1.54) is 6.20 Å². The van der Waals surface area contributed by atoms with Gasteiger partial charge in [0, 0.05) is 25.7 Å².